The maximum absolute atomic E-state index is 11.7. The molecule has 0 radical (unpaired) electrons. The van der Waals surface area contributed by atoms with Crippen molar-refractivity contribution in [2.75, 3.05) is 6.54 Å². The maximum atomic E-state index is 11.7. The van der Waals surface area contributed by atoms with Gasteiger partial charge in [0.2, 0.25) is 5.91 Å². The first-order valence-electron chi connectivity index (χ1n) is 7.21. The average Bonchev–Trinajstić information content (AvgIpc) is 2.82. The van der Waals surface area contributed by atoms with Crippen molar-refractivity contribution in [3.05, 3.63) is 22.6 Å². The summed E-state index contributed by atoms with van der Waals surface area (Å²) in [4.78, 5) is 23.4. The summed E-state index contributed by atoms with van der Waals surface area (Å²) in [6.07, 6.45) is 3.19. The highest BCUT2D eigenvalue weighted by atomic mass is 79.9. The number of rotatable bonds is 8. The van der Waals surface area contributed by atoms with Crippen molar-refractivity contribution in [3.63, 3.8) is 0 Å². The molecule has 0 aromatic carbocycles. The Kier molecular flexibility index (Phi) is 7.50. The normalized spacial score (nSPS) is 12.2. The van der Waals surface area contributed by atoms with E-state index >= 15 is 0 Å². The second kappa shape index (κ2) is 8.87. The van der Waals surface area contributed by atoms with Crippen LogP contribution in [0.4, 0.5) is 0 Å². The molecule has 1 rings (SSSR count). The van der Waals surface area contributed by atoms with Gasteiger partial charge >= 0.3 is 0 Å². The second-order valence-corrected chi connectivity index (χ2v) is 6.36. The molecule has 1 aromatic heterocycles. The molecule has 1 aromatic rings. The first-order valence-corrected chi connectivity index (χ1v) is 8.00. The summed E-state index contributed by atoms with van der Waals surface area (Å²) < 4.78 is 5.59. The van der Waals surface area contributed by atoms with Gasteiger partial charge in [-0.2, -0.15) is 0 Å². The number of carbonyl (C=O) groups is 2. The molecule has 21 heavy (non-hydrogen) atoms. The number of hydrogen-bond donors (Lipinski definition) is 2. The zero-order valence-corrected chi connectivity index (χ0v) is 14.3. The van der Waals surface area contributed by atoms with Crippen LogP contribution in [0.2, 0.25) is 0 Å². The molecule has 0 fully saturated rings. The predicted molar refractivity (Wildman–Crippen MR) is 85.0 cm³/mol. The molecule has 6 heteroatoms. The number of halogens is 1. The Bertz CT molecular complexity index is 471. The lowest BCUT2D eigenvalue weighted by Gasteiger charge is -2.14. The molecule has 2 amide bonds. The van der Waals surface area contributed by atoms with E-state index in [9.17, 15) is 9.59 Å². The van der Waals surface area contributed by atoms with Gasteiger partial charge in [-0.1, -0.05) is 26.7 Å². The van der Waals surface area contributed by atoms with E-state index < -0.39 is 5.91 Å². The molecular formula is C15H23BrN2O3. The van der Waals surface area contributed by atoms with Crippen LogP contribution < -0.4 is 10.6 Å². The van der Waals surface area contributed by atoms with Gasteiger partial charge in [0.25, 0.3) is 5.91 Å². The molecular weight excluding hydrogens is 336 g/mol. The Morgan fingerprint density at radius 2 is 1.95 bits per heavy atom. The van der Waals surface area contributed by atoms with Crippen LogP contribution in [0, 0.1) is 5.92 Å². The second-order valence-electron chi connectivity index (χ2n) is 5.58. The molecule has 0 bridgehead atoms. The minimum atomic E-state index is -0.400. The number of amides is 2. The highest BCUT2D eigenvalue weighted by Gasteiger charge is 2.13. The Balaban J connectivity index is 2.23. The van der Waals surface area contributed by atoms with Crippen LogP contribution in [-0.4, -0.2) is 24.4 Å². The van der Waals surface area contributed by atoms with Gasteiger partial charge in [-0.25, -0.2) is 0 Å². The van der Waals surface area contributed by atoms with Gasteiger partial charge in [0.1, 0.15) is 0 Å². The highest BCUT2D eigenvalue weighted by molar-refractivity contribution is 9.10. The fourth-order valence-corrected chi connectivity index (χ4v) is 2.22. The third-order valence-electron chi connectivity index (χ3n) is 3.03. The SMILES string of the molecule is CC(C)CCCC(C)NC(=O)CNC(=O)c1ccc(Br)o1. The molecule has 0 spiro atoms. The fraction of sp³-hybridized carbons (Fsp3) is 0.600. The monoisotopic (exact) mass is 358 g/mol. The van der Waals surface area contributed by atoms with Gasteiger partial charge in [0.15, 0.2) is 10.4 Å². The molecule has 0 aliphatic rings. The summed E-state index contributed by atoms with van der Waals surface area (Å²) in [6.45, 7) is 6.30. The summed E-state index contributed by atoms with van der Waals surface area (Å²) in [6, 6.07) is 3.29. The highest BCUT2D eigenvalue weighted by Crippen LogP contribution is 2.13. The van der Waals surface area contributed by atoms with Gasteiger partial charge in [-0.3, -0.25) is 9.59 Å². The van der Waals surface area contributed by atoms with Crippen molar-refractivity contribution in [1.29, 1.82) is 0 Å². The van der Waals surface area contributed by atoms with Crippen molar-refractivity contribution in [3.8, 4) is 0 Å². The summed E-state index contributed by atoms with van der Waals surface area (Å²) in [5.74, 6) is 0.272. The summed E-state index contributed by atoms with van der Waals surface area (Å²) in [5.41, 5.74) is 0. The zero-order chi connectivity index (χ0) is 15.8. The van der Waals surface area contributed by atoms with Crippen LogP contribution in [0.15, 0.2) is 21.2 Å². The van der Waals surface area contributed by atoms with Crippen LogP contribution >= 0.6 is 15.9 Å². The zero-order valence-electron chi connectivity index (χ0n) is 12.7. The van der Waals surface area contributed by atoms with E-state index in [-0.39, 0.29) is 24.3 Å². The van der Waals surface area contributed by atoms with Crippen LogP contribution in [-0.2, 0) is 4.79 Å². The topological polar surface area (TPSA) is 71.3 Å². The molecule has 0 aliphatic carbocycles. The first kappa shape index (κ1) is 17.8. The molecule has 0 saturated heterocycles. The van der Waals surface area contributed by atoms with E-state index in [0.29, 0.717) is 10.6 Å². The molecule has 1 heterocycles. The van der Waals surface area contributed by atoms with Gasteiger partial charge in [-0.05, 0) is 47.3 Å². The number of furan rings is 1. The van der Waals surface area contributed by atoms with Crippen LogP contribution in [0.25, 0.3) is 0 Å². The molecule has 118 valence electrons. The molecule has 2 N–H and O–H groups in total. The molecule has 0 saturated carbocycles. The smallest absolute Gasteiger partial charge is 0.287 e. The maximum Gasteiger partial charge on any atom is 0.287 e. The summed E-state index contributed by atoms with van der Waals surface area (Å²) in [5, 5.41) is 5.40. The largest absolute Gasteiger partial charge is 0.444 e. The number of hydrogen-bond acceptors (Lipinski definition) is 3. The Morgan fingerprint density at radius 3 is 2.52 bits per heavy atom. The molecule has 1 atom stereocenters. The predicted octanol–water partition coefficient (Wildman–Crippen LogP) is 3.10. The van der Waals surface area contributed by atoms with E-state index in [2.05, 4.69) is 40.4 Å². The van der Waals surface area contributed by atoms with Crippen LogP contribution in [0.3, 0.4) is 0 Å². The van der Waals surface area contributed by atoms with Crippen molar-refractivity contribution in [2.24, 2.45) is 5.92 Å². The average molecular weight is 359 g/mol. The minimum absolute atomic E-state index is 0.0499. The lowest BCUT2D eigenvalue weighted by Crippen LogP contribution is -2.40. The van der Waals surface area contributed by atoms with Gasteiger partial charge < -0.3 is 15.1 Å². The van der Waals surface area contributed by atoms with Gasteiger partial charge in [0, 0.05) is 6.04 Å². The van der Waals surface area contributed by atoms with Crippen LogP contribution in [0.1, 0.15) is 50.6 Å². The summed E-state index contributed by atoms with van der Waals surface area (Å²) in [7, 11) is 0. The van der Waals surface area contributed by atoms with E-state index in [1.165, 1.54) is 0 Å². The standard InChI is InChI=1S/C15H23BrN2O3/c1-10(2)5-4-6-11(3)18-14(19)9-17-15(20)12-7-8-13(16)21-12/h7-8,10-11H,4-6,9H2,1-3H3,(H,17,20)(H,18,19). The first-order chi connectivity index (χ1) is 9.88. The van der Waals surface area contributed by atoms with E-state index in [1.807, 2.05) is 6.92 Å². The Labute approximate surface area is 134 Å². The van der Waals surface area contributed by atoms with Gasteiger partial charge in [0.05, 0.1) is 6.54 Å². The fourth-order valence-electron chi connectivity index (χ4n) is 1.91. The quantitative estimate of drug-likeness (QED) is 0.749. The molecule has 5 nitrogen and oxygen atoms in total. The lowest BCUT2D eigenvalue weighted by molar-refractivity contribution is -0.120. The molecule has 1 unspecified atom stereocenters. The number of nitrogens with one attached hydrogen (secondary N) is 2. The van der Waals surface area contributed by atoms with Crippen molar-refractivity contribution in [1.82, 2.24) is 10.6 Å². The van der Waals surface area contributed by atoms with Crippen molar-refractivity contribution < 1.29 is 14.0 Å². The molecule has 0 aliphatic heterocycles. The van der Waals surface area contributed by atoms with E-state index in [0.717, 1.165) is 19.3 Å². The van der Waals surface area contributed by atoms with E-state index in [1.54, 1.807) is 12.1 Å². The third kappa shape index (κ3) is 7.32. The third-order valence-corrected chi connectivity index (χ3v) is 3.46. The number of carbonyl (C=O) groups excluding carboxylic acids is 2. The van der Waals surface area contributed by atoms with Gasteiger partial charge in [-0.15, -0.1) is 0 Å². The summed E-state index contributed by atoms with van der Waals surface area (Å²) >= 11 is 3.12. The Hall–Kier alpha value is -1.30. The minimum Gasteiger partial charge on any atom is -0.444 e. The van der Waals surface area contributed by atoms with E-state index in [4.69, 9.17) is 4.42 Å². The van der Waals surface area contributed by atoms with Crippen molar-refractivity contribution >= 4 is 27.7 Å². The van der Waals surface area contributed by atoms with Crippen molar-refractivity contribution in [2.45, 2.75) is 46.1 Å². The Morgan fingerprint density at radius 1 is 1.24 bits per heavy atom. The lowest BCUT2D eigenvalue weighted by atomic mass is 10.0. The van der Waals surface area contributed by atoms with Crippen LogP contribution in [0.5, 0.6) is 0 Å².